The number of nitrogens with zero attached hydrogens (tertiary/aromatic N) is 1. The molecule has 1 heterocycles. The monoisotopic (exact) mass is 454 g/mol. The van der Waals surface area contributed by atoms with E-state index < -0.39 is 23.4 Å². The van der Waals surface area contributed by atoms with Crippen molar-refractivity contribution < 1.29 is 18.4 Å². The van der Waals surface area contributed by atoms with Crippen LogP contribution in [-0.2, 0) is 9.59 Å². The Hall–Kier alpha value is -4.32. The van der Waals surface area contributed by atoms with E-state index in [2.05, 4.69) is 5.32 Å². The molecule has 2 amide bonds. The number of hydrogen-bond acceptors (Lipinski definition) is 3. The number of benzene rings is 4. The summed E-state index contributed by atoms with van der Waals surface area (Å²) in [6.45, 7) is 3.88. The molecule has 4 nitrogen and oxygen atoms in total. The van der Waals surface area contributed by atoms with Gasteiger partial charge in [0.05, 0.1) is 11.3 Å². The molecule has 1 aliphatic heterocycles. The highest BCUT2D eigenvalue weighted by molar-refractivity contribution is 6.47. The van der Waals surface area contributed by atoms with Crippen LogP contribution in [0.2, 0.25) is 0 Å². The van der Waals surface area contributed by atoms with E-state index in [1.165, 1.54) is 6.07 Å². The fourth-order valence-electron chi connectivity index (χ4n) is 4.15. The van der Waals surface area contributed by atoms with Crippen LogP contribution < -0.4 is 10.2 Å². The summed E-state index contributed by atoms with van der Waals surface area (Å²) in [6, 6.07) is 21.6. The van der Waals surface area contributed by atoms with Crippen LogP contribution >= 0.6 is 0 Å². The Morgan fingerprint density at radius 1 is 0.735 bits per heavy atom. The molecule has 0 fully saturated rings. The summed E-state index contributed by atoms with van der Waals surface area (Å²) in [4.78, 5) is 28.6. The summed E-state index contributed by atoms with van der Waals surface area (Å²) >= 11 is 0. The van der Waals surface area contributed by atoms with Gasteiger partial charge >= 0.3 is 0 Å². The van der Waals surface area contributed by atoms with Gasteiger partial charge in [0.1, 0.15) is 5.70 Å². The van der Waals surface area contributed by atoms with Crippen LogP contribution in [0, 0.1) is 25.5 Å². The van der Waals surface area contributed by atoms with Crippen LogP contribution in [-0.4, -0.2) is 11.8 Å². The van der Waals surface area contributed by atoms with Crippen molar-refractivity contribution in [2.24, 2.45) is 0 Å². The lowest BCUT2D eigenvalue weighted by Crippen LogP contribution is -2.32. The van der Waals surface area contributed by atoms with Gasteiger partial charge in [-0.05, 0) is 54.1 Å². The first-order valence-corrected chi connectivity index (χ1v) is 10.8. The van der Waals surface area contributed by atoms with Crippen LogP contribution in [0.3, 0.4) is 0 Å². The van der Waals surface area contributed by atoms with Crippen molar-refractivity contribution in [1.82, 2.24) is 0 Å². The zero-order chi connectivity index (χ0) is 24.0. The van der Waals surface area contributed by atoms with Gasteiger partial charge in [-0.25, -0.2) is 13.7 Å². The molecule has 168 valence electrons. The van der Waals surface area contributed by atoms with E-state index in [0.29, 0.717) is 11.3 Å². The van der Waals surface area contributed by atoms with Gasteiger partial charge < -0.3 is 5.32 Å². The third-order valence-corrected chi connectivity index (χ3v) is 6.08. The van der Waals surface area contributed by atoms with Crippen LogP contribution in [0.5, 0.6) is 0 Å². The molecule has 0 unspecified atom stereocenters. The molecule has 0 bridgehead atoms. The second kappa shape index (κ2) is 8.23. The lowest BCUT2D eigenvalue weighted by molar-refractivity contribution is -0.120. The van der Waals surface area contributed by atoms with Gasteiger partial charge in [0, 0.05) is 17.1 Å². The Morgan fingerprint density at radius 3 is 2.26 bits per heavy atom. The second-order valence-electron chi connectivity index (χ2n) is 8.25. The van der Waals surface area contributed by atoms with Crippen LogP contribution in [0.4, 0.5) is 20.2 Å². The van der Waals surface area contributed by atoms with Gasteiger partial charge in [0.2, 0.25) is 0 Å². The average Bonchev–Trinajstić information content (AvgIpc) is 3.07. The number of rotatable bonds is 4. The van der Waals surface area contributed by atoms with Gasteiger partial charge in [0.15, 0.2) is 11.6 Å². The minimum atomic E-state index is -1.05. The lowest BCUT2D eigenvalue weighted by atomic mass is 9.99. The number of carbonyl (C=O) groups excluding carboxylic acids is 2. The molecule has 0 atom stereocenters. The SMILES string of the molecule is Cc1ccc(C2=C(Nc3ccc(F)c(F)c3)C(=O)N(c3cccc4ccccc34)C2=O)cc1C. The number of hydrogen-bond donors (Lipinski definition) is 1. The van der Waals surface area contributed by atoms with Crippen LogP contribution in [0.25, 0.3) is 16.3 Å². The maximum absolute atomic E-state index is 13.9. The first-order valence-electron chi connectivity index (χ1n) is 10.8. The third-order valence-electron chi connectivity index (χ3n) is 6.08. The number of aryl methyl sites for hydroxylation is 2. The van der Waals surface area contributed by atoms with Crippen molar-refractivity contribution in [3.8, 4) is 0 Å². The minimum Gasteiger partial charge on any atom is -0.350 e. The number of imide groups is 1. The fourth-order valence-corrected chi connectivity index (χ4v) is 4.15. The van der Waals surface area contributed by atoms with E-state index in [0.717, 1.165) is 38.9 Å². The van der Waals surface area contributed by atoms with Gasteiger partial charge in [-0.3, -0.25) is 9.59 Å². The Kier molecular flexibility index (Phi) is 5.21. The number of amides is 2. The molecular formula is C28H20F2N2O2. The Bertz CT molecular complexity index is 1520. The number of carbonyl (C=O) groups is 2. The topological polar surface area (TPSA) is 49.4 Å². The molecule has 4 aromatic carbocycles. The van der Waals surface area contributed by atoms with Gasteiger partial charge in [-0.1, -0.05) is 54.6 Å². The Labute approximate surface area is 195 Å². The summed E-state index contributed by atoms with van der Waals surface area (Å²) in [7, 11) is 0. The van der Waals surface area contributed by atoms with E-state index in [1.807, 2.05) is 56.3 Å². The largest absolute Gasteiger partial charge is 0.350 e. The summed E-state index contributed by atoms with van der Waals surface area (Å²) in [5.74, 6) is -3.12. The number of fused-ring (bicyclic) bond motifs is 1. The maximum atomic E-state index is 13.9. The standard InChI is InChI=1S/C28H20F2N2O2/c1-16-10-11-19(14-17(16)2)25-26(31-20-12-13-22(29)23(30)15-20)28(34)32(27(25)33)24-9-5-7-18-6-3-4-8-21(18)24/h3-15,31H,1-2H3. The number of halogens is 2. The predicted octanol–water partition coefficient (Wildman–Crippen LogP) is 6.13. The molecule has 0 aliphatic carbocycles. The van der Waals surface area contributed by atoms with Gasteiger partial charge in [-0.15, -0.1) is 0 Å². The highest BCUT2D eigenvalue weighted by Crippen LogP contribution is 2.37. The molecule has 0 spiro atoms. The van der Waals surface area contributed by atoms with Crippen LogP contribution in [0.15, 0.2) is 84.6 Å². The second-order valence-corrected chi connectivity index (χ2v) is 8.25. The summed E-state index contributed by atoms with van der Waals surface area (Å²) in [5, 5.41) is 4.52. The zero-order valence-corrected chi connectivity index (χ0v) is 18.5. The van der Waals surface area contributed by atoms with E-state index in [-0.39, 0.29) is 17.0 Å². The number of anilines is 2. The van der Waals surface area contributed by atoms with Gasteiger partial charge in [0.25, 0.3) is 11.8 Å². The van der Waals surface area contributed by atoms with Crippen molar-refractivity contribution >= 4 is 39.5 Å². The molecule has 0 saturated heterocycles. The summed E-state index contributed by atoms with van der Waals surface area (Å²) in [6.07, 6.45) is 0. The van der Waals surface area contributed by atoms with E-state index >= 15 is 0 Å². The van der Waals surface area contributed by atoms with Crippen molar-refractivity contribution in [2.75, 3.05) is 10.2 Å². The molecule has 0 saturated carbocycles. The molecule has 1 N–H and O–H groups in total. The predicted molar refractivity (Wildman–Crippen MR) is 129 cm³/mol. The van der Waals surface area contributed by atoms with Crippen molar-refractivity contribution in [2.45, 2.75) is 13.8 Å². The first kappa shape index (κ1) is 21.5. The van der Waals surface area contributed by atoms with E-state index in [9.17, 15) is 18.4 Å². The average molecular weight is 454 g/mol. The fraction of sp³-hybridized carbons (Fsp3) is 0.0714. The van der Waals surface area contributed by atoms with E-state index in [4.69, 9.17) is 0 Å². The minimum absolute atomic E-state index is 0.00666. The maximum Gasteiger partial charge on any atom is 0.282 e. The normalized spacial score (nSPS) is 13.8. The molecular weight excluding hydrogens is 434 g/mol. The molecule has 6 heteroatoms. The summed E-state index contributed by atoms with van der Waals surface area (Å²) in [5.41, 5.74) is 3.36. The molecule has 0 aromatic heterocycles. The Morgan fingerprint density at radius 2 is 1.50 bits per heavy atom. The Balaban J connectivity index is 1.68. The molecule has 5 rings (SSSR count). The van der Waals surface area contributed by atoms with Gasteiger partial charge in [-0.2, -0.15) is 0 Å². The smallest absolute Gasteiger partial charge is 0.282 e. The van der Waals surface area contributed by atoms with Crippen molar-refractivity contribution in [1.29, 1.82) is 0 Å². The third kappa shape index (κ3) is 3.53. The highest BCUT2D eigenvalue weighted by atomic mass is 19.2. The molecule has 34 heavy (non-hydrogen) atoms. The first-order chi connectivity index (χ1) is 16.3. The quantitative estimate of drug-likeness (QED) is 0.377. The van der Waals surface area contributed by atoms with E-state index in [1.54, 1.807) is 18.2 Å². The lowest BCUT2D eigenvalue weighted by Gasteiger charge is -2.18. The van der Waals surface area contributed by atoms with Crippen molar-refractivity contribution in [3.63, 3.8) is 0 Å². The molecule has 0 radical (unpaired) electrons. The van der Waals surface area contributed by atoms with Crippen LogP contribution in [0.1, 0.15) is 16.7 Å². The molecule has 1 aliphatic rings. The zero-order valence-electron chi connectivity index (χ0n) is 18.5. The number of nitrogens with one attached hydrogen (secondary N) is 1. The summed E-state index contributed by atoms with van der Waals surface area (Å²) < 4.78 is 27.3. The van der Waals surface area contributed by atoms with Crippen molar-refractivity contribution in [3.05, 3.63) is 113 Å². The molecule has 4 aromatic rings. The highest BCUT2D eigenvalue weighted by Gasteiger charge is 2.41.